The van der Waals surface area contributed by atoms with Crippen LogP contribution in [0.15, 0.2) is 47.5 Å². The van der Waals surface area contributed by atoms with Crippen LogP contribution in [0, 0.1) is 0 Å². The number of phenolic OH excluding ortho intramolecular Hbond substituents is 1. The van der Waals surface area contributed by atoms with Gasteiger partial charge in [0.1, 0.15) is 11.5 Å². The van der Waals surface area contributed by atoms with Gasteiger partial charge in [0.05, 0.1) is 13.7 Å². The molecule has 5 nitrogen and oxygen atoms in total. The summed E-state index contributed by atoms with van der Waals surface area (Å²) < 4.78 is 5.14. The average Bonchev–Trinajstić information content (AvgIpc) is 3.03. The van der Waals surface area contributed by atoms with E-state index in [0.717, 1.165) is 24.2 Å². The number of carbonyl (C=O) groups is 1. The van der Waals surface area contributed by atoms with E-state index in [0.29, 0.717) is 24.3 Å². The Morgan fingerprint density at radius 3 is 2.71 bits per heavy atom. The lowest BCUT2D eigenvalue weighted by molar-refractivity contribution is -0.117. The molecule has 3 rings (SSSR count). The highest BCUT2D eigenvalue weighted by Gasteiger charge is 2.21. The van der Waals surface area contributed by atoms with Crippen LogP contribution in [-0.4, -0.2) is 30.9 Å². The minimum atomic E-state index is 0.169. The fraction of sp³-hybridized carbons (Fsp3) is 0.263. The Kier molecular flexibility index (Phi) is 4.79. The van der Waals surface area contributed by atoms with Crippen molar-refractivity contribution in [1.29, 1.82) is 0 Å². The van der Waals surface area contributed by atoms with E-state index in [1.807, 2.05) is 29.2 Å². The number of rotatable bonds is 5. The van der Waals surface area contributed by atoms with E-state index >= 15 is 0 Å². The molecule has 0 radical (unpaired) electrons. The second-order valence-electron chi connectivity index (χ2n) is 5.71. The Morgan fingerprint density at radius 1 is 1.25 bits per heavy atom. The molecular weight excluding hydrogens is 304 g/mol. The largest absolute Gasteiger partial charge is 0.507 e. The van der Waals surface area contributed by atoms with Gasteiger partial charge in [0, 0.05) is 30.4 Å². The molecule has 0 aliphatic carbocycles. The molecule has 1 amide bonds. The number of hydrogen-bond acceptors (Lipinski definition) is 4. The molecule has 1 aliphatic rings. The molecule has 0 atom stereocenters. The molecule has 0 unspecified atom stereocenters. The predicted octanol–water partition coefficient (Wildman–Crippen LogP) is 3.15. The normalized spacial score (nSPS) is 14.5. The topological polar surface area (TPSA) is 62.1 Å². The Balaban J connectivity index is 1.65. The summed E-state index contributed by atoms with van der Waals surface area (Å²) in [6.07, 6.45) is 3.20. The summed E-state index contributed by atoms with van der Waals surface area (Å²) in [6.45, 7) is 1.30. The first-order valence-electron chi connectivity index (χ1n) is 7.93. The molecule has 2 aromatic carbocycles. The molecule has 2 aromatic rings. The summed E-state index contributed by atoms with van der Waals surface area (Å²) >= 11 is 0. The lowest BCUT2D eigenvalue weighted by Crippen LogP contribution is -2.23. The van der Waals surface area contributed by atoms with Gasteiger partial charge in [0.25, 0.3) is 0 Å². The van der Waals surface area contributed by atoms with Crippen LogP contribution in [0.3, 0.4) is 0 Å². The highest BCUT2D eigenvalue weighted by Crippen LogP contribution is 2.23. The second-order valence-corrected chi connectivity index (χ2v) is 5.71. The average molecular weight is 324 g/mol. The van der Waals surface area contributed by atoms with Gasteiger partial charge in [-0.05, 0) is 42.3 Å². The molecule has 124 valence electrons. The summed E-state index contributed by atoms with van der Waals surface area (Å²) in [5.41, 5.74) is 2.60. The van der Waals surface area contributed by atoms with Crippen molar-refractivity contribution in [3.05, 3.63) is 53.6 Å². The molecule has 0 saturated carbocycles. The van der Waals surface area contributed by atoms with Crippen molar-refractivity contribution in [3.63, 3.8) is 0 Å². The molecular formula is C19H20N2O3. The predicted molar refractivity (Wildman–Crippen MR) is 94.0 cm³/mol. The number of methoxy groups -OCH3 is 1. The Bertz CT molecular complexity index is 754. The maximum atomic E-state index is 11.7. The van der Waals surface area contributed by atoms with Crippen LogP contribution in [0.1, 0.15) is 24.0 Å². The molecule has 1 saturated heterocycles. The highest BCUT2D eigenvalue weighted by atomic mass is 16.5. The molecule has 24 heavy (non-hydrogen) atoms. The summed E-state index contributed by atoms with van der Waals surface area (Å²) in [6, 6.07) is 12.9. The first kappa shape index (κ1) is 16.1. The van der Waals surface area contributed by atoms with Crippen molar-refractivity contribution < 1.29 is 14.6 Å². The van der Waals surface area contributed by atoms with Gasteiger partial charge in [0.2, 0.25) is 5.91 Å². The number of benzene rings is 2. The first-order chi connectivity index (χ1) is 11.7. The van der Waals surface area contributed by atoms with Crippen LogP contribution in [0.5, 0.6) is 11.5 Å². The minimum Gasteiger partial charge on any atom is -0.507 e. The zero-order chi connectivity index (χ0) is 16.9. The van der Waals surface area contributed by atoms with Crippen LogP contribution < -0.4 is 9.64 Å². The second kappa shape index (κ2) is 7.17. The van der Waals surface area contributed by atoms with Crippen molar-refractivity contribution in [1.82, 2.24) is 0 Å². The van der Waals surface area contributed by atoms with Crippen LogP contribution in [0.2, 0.25) is 0 Å². The molecule has 5 heteroatoms. The number of carbonyl (C=O) groups excluding carboxylic acids is 1. The fourth-order valence-corrected chi connectivity index (χ4v) is 2.71. The van der Waals surface area contributed by atoms with E-state index in [9.17, 15) is 9.90 Å². The zero-order valence-electron chi connectivity index (χ0n) is 13.6. The van der Waals surface area contributed by atoms with Gasteiger partial charge in [-0.15, -0.1) is 0 Å². The van der Waals surface area contributed by atoms with Gasteiger partial charge in [-0.25, -0.2) is 0 Å². The van der Waals surface area contributed by atoms with Gasteiger partial charge < -0.3 is 14.7 Å². The maximum absolute atomic E-state index is 11.7. The number of amides is 1. The molecule has 1 heterocycles. The summed E-state index contributed by atoms with van der Waals surface area (Å²) in [5.74, 6) is 1.03. The maximum Gasteiger partial charge on any atom is 0.227 e. The molecule has 1 fully saturated rings. The van der Waals surface area contributed by atoms with Gasteiger partial charge in [0.15, 0.2) is 0 Å². The van der Waals surface area contributed by atoms with Gasteiger partial charge in [-0.3, -0.25) is 9.79 Å². The van der Waals surface area contributed by atoms with Gasteiger partial charge in [-0.2, -0.15) is 0 Å². The fourth-order valence-electron chi connectivity index (χ4n) is 2.71. The van der Waals surface area contributed by atoms with E-state index < -0.39 is 0 Å². The van der Waals surface area contributed by atoms with Crippen molar-refractivity contribution in [2.45, 2.75) is 19.4 Å². The number of anilines is 1. The number of aromatic hydroxyl groups is 1. The SMILES string of the molecule is COc1ccc(O)c(C=NCc2ccc(N3CCCC3=O)cc2)c1. The zero-order valence-corrected chi connectivity index (χ0v) is 13.6. The first-order valence-corrected chi connectivity index (χ1v) is 7.93. The Morgan fingerprint density at radius 2 is 2.04 bits per heavy atom. The van der Waals surface area contributed by atoms with Crippen molar-refractivity contribution in [2.24, 2.45) is 4.99 Å². The Hall–Kier alpha value is -2.82. The van der Waals surface area contributed by atoms with Gasteiger partial charge in [-0.1, -0.05) is 12.1 Å². The van der Waals surface area contributed by atoms with Crippen LogP contribution in [-0.2, 0) is 11.3 Å². The molecule has 0 bridgehead atoms. The van der Waals surface area contributed by atoms with Crippen LogP contribution in [0.25, 0.3) is 0 Å². The van der Waals surface area contributed by atoms with Gasteiger partial charge >= 0.3 is 0 Å². The highest BCUT2D eigenvalue weighted by molar-refractivity contribution is 5.95. The minimum absolute atomic E-state index is 0.169. The number of nitrogens with zero attached hydrogens (tertiary/aromatic N) is 2. The quantitative estimate of drug-likeness (QED) is 0.860. The van der Waals surface area contributed by atoms with Crippen molar-refractivity contribution in [2.75, 3.05) is 18.6 Å². The number of ether oxygens (including phenoxy) is 1. The van der Waals surface area contributed by atoms with E-state index in [4.69, 9.17) is 4.74 Å². The third-order valence-electron chi connectivity index (χ3n) is 4.06. The molecule has 0 spiro atoms. The molecule has 0 aromatic heterocycles. The smallest absolute Gasteiger partial charge is 0.227 e. The van der Waals surface area contributed by atoms with Crippen LogP contribution in [0.4, 0.5) is 5.69 Å². The summed E-state index contributed by atoms with van der Waals surface area (Å²) in [7, 11) is 1.58. The summed E-state index contributed by atoms with van der Waals surface area (Å²) in [5, 5.41) is 9.83. The summed E-state index contributed by atoms with van der Waals surface area (Å²) in [4.78, 5) is 17.9. The number of hydrogen-bond donors (Lipinski definition) is 1. The standard InChI is InChI=1S/C19H20N2O3/c1-24-17-8-9-18(22)15(11-17)13-20-12-14-4-6-16(7-5-14)21-10-2-3-19(21)23/h4-9,11,13,22H,2-3,10,12H2,1H3. The van der Waals surface area contributed by atoms with E-state index in [2.05, 4.69) is 4.99 Å². The third-order valence-corrected chi connectivity index (χ3v) is 4.06. The third kappa shape index (κ3) is 3.56. The lowest BCUT2D eigenvalue weighted by Gasteiger charge is -2.15. The van der Waals surface area contributed by atoms with E-state index in [1.165, 1.54) is 0 Å². The monoisotopic (exact) mass is 324 g/mol. The Labute approximate surface area is 141 Å². The lowest BCUT2D eigenvalue weighted by atomic mass is 10.2. The molecule has 1 N–H and O–H groups in total. The number of aliphatic imine (C=N–C) groups is 1. The van der Waals surface area contributed by atoms with E-state index in [-0.39, 0.29) is 11.7 Å². The van der Waals surface area contributed by atoms with E-state index in [1.54, 1.807) is 31.5 Å². The molecule has 1 aliphatic heterocycles. The van der Waals surface area contributed by atoms with Crippen molar-refractivity contribution >= 4 is 17.8 Å². The van der Waals surface area contributed by atoms with Crippen LogP contribution >= 0.6 is 0 Å². The number of phenols is 1. The van der Waals surface area contributed by atoms with Crippen molar-refractivity contribution in [3.8, 4) is 11.5 Å².